The topological polar surface area (TPSA) is 65.4 Å². The lowest BCUT2D eigenvalue weighted by molar-refractivity contribution is 0.100. The van der Waals surface area contributed by atoms with Crippen molar-refractivity contribution in [3.05, 3.63) is 53.9 Å². The van der Waals surface area contributed by atoms with Crippen molar-refractivity contribution >= 4 is 11.6 Å². The number of anilines is 1. The quantitative estimate of drug-likeness (QED) is 0.907. The van der Waals surface area contributed by atoms with Crippen LogP contribution in [0, 0.1) is 0 Å². The molecular weight excluding hydrogens is 276 g/mol. The third kappa shape index (κ3) is 2.99. The van der Waals surface area contributed by atoms with Gasteiger partial charge in [0.1, 0.15) is 0 Å². The number of carbonyl (C=O) groups is 1. The van der Waals surface area contributed by atoms with Crippen molar-refractivity contribution in [2.24, 2.45) is 5.73 Å². The van der Waals surface area contributed by atoms with Gasteiger partial charge < -0.3 is 15.6 Å². The molecule has 0 aliphatic carbocycles. The fourth-order valence-electron chi connectivity index (χ4n) is 3.00. The molecule has 5 heteroatoms. The molecule has 116 valence electrons. The summed E-state index contributed by atoms with van der Waals surface area (Å²) in [6, 6.07) is 12.1. The monoisotopic (exact) mass is 298 g/mol. The van der Waals surface area contributed by atoms with E-state index < -0.39 is 0 Å². The molecule has 0 saturated carbocycles. The zero-order valence-corrected chi connectivity index (χ0v) is 12.8. The van der Waals surface area contributed by atoms with Gasteiger partial charge in [-0.1, -0.05) is 0 Å². The van der Waals surface area contributed by atoms with E-state index in [1.807, 2.05) is 24.4 Å². The first kappa shape index (κ1) is 14.7. The Morgan fingerprint density at radius 3 is 2.36 bits per heavy atom. The second kappa shape index (κ2) is 6.23. The molecule has 1 amide bonds. The van der Waals surface area contributed by atoms with Crippen LogP contribution < -0.4 is 10.6 Å². The molecule has 3 rings (SSSR count). The van der Waals surface area contributed by atoms with Crippen LogP contribution in [0.25, 0.3) is 0 Å². The van der Waals surface area contributed by atoms with E-state index in [0.29, 0.717) is 11.6 Å². The van der Waals surface area contributed by atoms with Crippen LogP contribution in [0.15, 0.2) is 42.6 Å². The highest BCUT2D eigenvalue weighted by atomic mass is 16.1. The second-order valence-electron chi connectivity index (χ2n) is 5.74. The largest absolute Gasteiger partial charge is 0.369 e. The minimum absolute atomic E-state index is 0.379. The molecule has 5 nitrogen and oxygen atoms in total. The van der Waals surface area contributed by atoms with Gasteiger partial charge in [-0.2, -0.15) is 0 Å². The summed E-state index contributed by atoms with van der Waals surface area (Å²) in [5.41, 5.74) is 8.25. The van der Waals surface area contributed by atoms with Crippen LogP contribution >= 0.6 is 0 Å². The number of aromatic amines is 1. The molecule has 1 aromatic heterocycles. The number of hydrogen-bond acceptors (Lipinski definition) is 3. The van der Waals surface area contributed by atoms with E-state index in [1.54, 1.807) is 12.1 Å². The van der Waals surface area contributed by atoms with E-state index >= 15 is 0 Å². The zero-order valence-electron chi connectivity index (χ0n) is 12.8. The highest BCUT2D eigenvalue weighted by Gasteiger charge is 2.22. The van der Waals surface area contributed by atoms with Crippen molar-refractivity contribution in [1.82, 2.24) is 9.88 Å². The minimum Gasteiger partial charge on any atom is -0.369 e. The second-order valence-corrected chi connectivity index (χ2v) is 5.74. The van der Waals surface area contributed by atoms with Gasteiger partial charge >= 0.3 is 0 Å². The van der Waals surface area contributed by atoms with Gasteiger partial charge in [0.2, 0.25) is 5.91 Å². The van der Waals surface area contributed by atoms with Crippen molar-refractivity contribution in [3.63, 3.8) is 0 Å². The maximum Gasteiger partial charge on any atom is 0.248 e. The van der Waals surface area contributed by atoms with E-state index in [2.05, 4.69) is 27.8 Å². The summed E-state index contributed by atoms with van der Waals surface area (Å²) < 4.78 is 0. The van der Waals surface area contributed by atoms with Crippen LogP contribution in [0.3, 0.4) is 0 Å². The molecule has 3 N–H and O–H groups in total. The Balaban J connectivity index is 1.60. The third-order valence-corrected chi connectivity index (χ3v) is 4.45. The fraction of sp³-hybridized carbons (Fsp3) is 0.353. The average molecular weight is 298 g/mol. The van der Waals surface area contributed by atoms with E-state index in [0.717, 1.165) is 31.9 Å². The molecular formula is C17H22N4O. The highest BCUT2D eigenvalue weighted by molar-refractivity contribution is 5.93. The number of amides is 1. The third-order valence-electron chi connectivity index (χ3n) is 4.45. The van der Waals surface area contributed by atoms with Gasteiger partial charge in [-0.25, -0.2) is 0 Å². The molecule has 2 aromatic rings. The highest BCUT2D eigenvalue weighted by Crippen LogP contribution is 2.23. The van der Waals surface area contributed by atoms with Crippen LogP contribution in [0.5, 0.6) is 0 Å². The molecule has 0 spiro atoms. The number of primary amides is 1. The molecule has 2 heterocycles. The Kier molecular flexibility index (Phi) is 4.15. The van der Waals surface area contributed by atoms with E-state index in [1.165, 1.54) is 5.69 Å². The SMILES string of the molecule is CC(c1ccc[nH]1)N1CCN(c2ccc(C(N)=O)cc2)CC1. The number of piperazine rings is 1. The first-order valence-corrected chi connectivity index (χ1v) is 7.67. The van der Waals surface area contributed by atoms with Crippen molar-refractivity contribution in [2.75, 3.05) is 31.1 Å². The molecule has 0 bridgehead atoms. The number of H-pyrrole nitrogens is 1. The van der Waals surface area contributed by atoms with Gasteiger partial charge in [0.15, 0.2) is 0 Å². The summed E-state index contributed by atoms with van der Waals surface area (Å²) in [7, 11) is 0. The van der Waals surface area contributed by atoms with Crippen LogP contribution in [0.1, 0.15) is 29.0 Å². The average Bonchev–Trinajstić information content (AvgIpc) is 3.09. The van der Waals surface area contributed by atoms with Gasteiger partial charge in [-0.05, 0) is 43.3 Å². The number of nitrogens with zero attached hydrogens (tertiary/aromatic N) is 2. The Morgan fingerprint density at radius 2 is 1.82 bits per heavy atom. The van der Waals surface area contributed by atoms with Crippen LogP contribution in [0.2, 0.25) is 0 Å². The van der Waals surface area contributed by atoms with Crippen LogP contribution in [0.4, 0.5) is 5.69 Å². The van der Waals surface area contributed by atoms with Gasteiger partial charge in [0, 0.05) is 55.4 Å². The predicted molar refractivity (Wildman–Crippen MR) is 88.0 cm³/mol. The lowest BCUT2D eigenvalue weighted by Crippen LogP contribution is -2.47. The normalized spacial score (nSPS) is 17.4. The van der Waals surface area contributed by atoms with E-state index in [9.17, 15) is 4.79 Å². The summed E-state index contributed by atoms with van der Waals surface area (Å²) in [5.74, 6) is -0.379. The molecule has 22 heavy (non-hydrogen) atoms. The fourth-order valence-corrected chi connectivity index (χ4v) is 3.00. The number of benzene rings is 1. The number of nitrogens with two attached hydrogens (primary N) is 1. The molecule has 1 unspecified atom stereocenters. The molecule has 1 saturated heterocycles. The van der Waals surface area contributed by atoms with Crippen molar-refractivity contribution in [2.45, 2.75) is 13.0 Å². The summed E-state index contributed by atoms with van der Waals surface area (Å²) >= 11 is 0. The van der Waals surface area contributed by atoms with E-state index in [4.69, 9.17) is 5.73 Å². The minimum atomic E-state index is -0.379. The van der Waals surface area contributed by atoms with Gasteiger partial charge in [-0.15, -0.1) is 0 Å². The molecule has 1 atom stereocenters. The Morgan fingerprint density at radius 1 is 1.14 bits per heavy atom. The maximum absolute atomic E-state index is 11.1. The predicted octanol–water partition coefficient (Wildman–Crippen LogP) is 2.00. The maximum atomic E-state index is 11.1. The standard InChI is InChI=1S/C17H22N4O/c1-13(16-3-2-8-19-16)20-9-11-21(12-10-20)15-6-4-14(5-7-15)17(18)22/h2-8,13,19H,9-12H2,1H3,(H2,18,22). The van der Waals surface area contributed by atoms with Gasteiger partial charge in [0.05, 0.1) is 0 Å². The summed E-state index contributed by atoms with van der Waals surface area (Å²) in [4.78, 5) is 19.2. The number of hydrogen-bond donors (Lipinski definition) is 2. The molecule has 1 aliphatic rings. The summed E-state index contributed by atoms with van der Waals surface area (Å²) in [6.07, 6.45) is 1.97. The summed E-state index contributed by atoms with van der Waals surface area (Å²) in [5, 5.41) is 0. The number of aromatic nitrogens is 1. The van der Waals surface area contributed by atoms with Crippen molar-refractivity contribution in [3.8, 4) is 0 Å². The molecule has 1 fully saturated rings. The molecule has 1 aliphatic heterocycles. The molecule has 1 aromatic carbocycles. The zero-order chi connectivity index (χ0) is 15.5. The number of nitrogens with one attached hydrogen (secondary N) is 1. The number of rotatable bonds is 4. The smallest absolute Gasteiger partial charge is 0.248 e. The Hall–Kier alpha value is -2.27. The van der Waals surface area contributed by atoms with Crippen LogP contribution in [-0.2, 0) is 0 Å². The van der Waals surface area contributed by atoms with Crippen LogP contribution in [-0.4, -0.2) is 42.0 Å². The van der Waals surface area contributed by atoms with Gasteiger partial charge in [0.25, 0.3) is 0 Å². The Bertz CT molecular complexity index is 613. The van der Waals surface area contributed by atoms with Gasteiger partial charge in [-0.3, -0.25) is 9.69 Å². The first-order valence-electron chi connectivity index (χ1n) is 7.67. The Labute approximate surface area is 130 Å². The lowest BCUT2D eigenvalue weighted by atomic mass is 10.1. The first-order chi connectivity index (χ1) is 10.6. The lowest BCUT2D eigenvalue weighted by Gasteiger charge is -2.39. The number of carbonyl (C=O) groups excluding carboxylic acids is 1. The van der Waals surface area contributed by atoms with E-state index in [-0.39, 0.29) is 5.91 Å². The molecule has 0 radical (unpaired) electrons. The van der Waals surface area contributed by atoms with Crippen molar-refractivity contribution in [1.29, 1.82) is 0 Å². The summed E-state index contributed by atoms with van der Waals surface area (Å²) in [6.45, 7) is 6.26. The van der Waals surface area contributed by atoms with Crippen molar-refractivity contribution < 1.29 is 4.79 Å².